The minimum atomic E-state index is 0.595. The van der Waals surface area contributed by atoms with Gasteiger partial charge in [-0.1, -0.05) is 24.3 Å². The van der Waals surface area contributed by atoms with E-state index in [1.54, 1.807) is 0 Å². The van der Waals surface area contributed by atoms with Crippen molar-refractivity contribution >= 4 is 16.9 Å². The third-order valence-corrected chi connectivity index (χ3v) is 4.37. The van der Waals surface area contributed by atoms with Crippen molar-refractivity contribution in [3.05, 3.63) is 42.1 Å². The molecular formula is C19H26N4O. The molecule has 0 amide bonds. The van der Waals surface area contributed by atoms with Crippen molar-refractivity contribution in [1.82, 2.24) is 15.2 Å². The highest BCUT2D eigenvalue weighted by Crippen LogP contribution is 2.17. The molecular weight excluding hydrogens is 300 g/mol. The maximum Gasteiger partial charge on any atom is 0.193 e. The molecule has 24 heavy (non-hydrogen) atoms. The second kappa shape index (κ2) is 8.11. The lowest BCUT2D eigenvalue weighted by molar-refractivity contribution is 0.181. The molecule has 1 fully saturated rings. The van der Waals surface area contributed by atoms with Gasteiger partial charge in [0.2, 0.25) is 0 Å². The van der Waals surface area contributed by atoms with Gasteiger partial charge in [-0.25, -0.2) is 4.99 Å². The zero-order chi connectivity index (χ0) is 16.8. The van der Waals surface area contributed by atoms with E-state index in [0.717, 1.165) is 55.2 Å². The summed E-state index contributed by atoms with van der Waals surface area (Å²) in [6.07, 6.45) is 2.98. The van der Waals surface area contributed by atoms with E-state index >= 15 is 0 Å². The number of hydrogen-bond acceptors (Lipinski definition) is 3. The van der Waals surface area contributed by atoms with Crippen LogP contribution in [0.3, 0.4) is 0 Å². The SMILES string of the molecule is CCNC(=NCc1cccc2cccnc12)N(C)CC1CCOC1. The molecule has 0 spiro atoms. The zero-order valence-corrected chi connectivity index (χ0v) is 14.5. The smallest absolute Gasteiger partial charge is 0.193 e. The first-order valence-electron chi connectivity index (χ1n) is 8.67. The number of para-hydroxylation sites is 1. The summed E-state index contributed by atoms with van der Waals surface area (Å²) >= 11 is 0. The number of hydrogen-bond donors (Lipinski definition) is 1. The number of rotatable bonds is 5. The molecule has 3 rings (SSSR count). The molecule has 0 saturated carbocycles. The Bertz CT molecular complexity index is 689. The highest BCUT2D eigenvalue weighted by molar-refractivity contribution is 5.83. The maximum absolute atomic E-state index is 5.48. The Kier molecular flexibility index (Phi) is 5.64. The lowest BCUT2D eigenvalue weighted by atomic mass is 10.1. The summed E-state index contributed by atoms with van der Waals surface area (Å²) in [6, 6.07) is 10.3. The third kappa shape index (κ3) is 4.03. The number of nitrogens with one attached hydrogen (secondary N) is 1. The lowest BCUT2D eigenvalue weighted by Gasteiger charge is -2.24. The highest BCUT2D eigenvalue weighted by Gasteiger charge is 2.19. The van der Waals surface area contributed by atoms with Crippen LogP contribution in [0.2, 0.25) is 0 Å². The van der Waals surface area contributed by atoms with E-state index in [1.807, 2.05) is 12.3 Å². The Balaban J connectivity index is 1.74. The number of benzene rings is 1. The Hall–Kier alpha value is -2.14. The van der Waals surface area contributed by atoms with Gasteiger partial charge in [0.05, 0.1) is 18.7 Å². The minimum absolute atomic E-state index is 0.595. The van der Waals surface area contributed by atoms with E-state index in [1.165, 1.54) is 0 Å². The molecule has 1 atom stereocenters. The van der Waals surface area contributed by atoms with Crippen LogP contribution in [-0.4, -0.2) is 49.2 Å². The van der Waals surface area contributed by atoms with Crippen LogP contribution >= 0.6 is 0 Å². The number of ether oxygens (including phenoxy) is 1. The van der Waals surface area contributed by atoms with Gasteiger partial charge < -0.3 is 15.0 Å². The summed E-state index contributed by atoms with van der Waals surface area (Å²) in [5.74, 6) is 1.54. The standard InChI is InChI=1S/C19H26N4O/c1-3-20-19(23(2)13-15-9-11-24-14-15)22-12-17-7-4-6-16-8-5-10-21-18(16)17/h4-8,10,15H,3,9,11-14H2,1-2H3,(H,20,22). The Morgan fingerprint density at radius 2 is 2.25 bits per heavy atom. The van der Waals surface area contributed by atoms with Gasteiger partial charge in [-0.2, -0.15) is 0 Å². The molecule has 0 radical (unpaired) electrons. The first-order valence-corrected chi connectivity index (χ1v) is 8.67. The van der Waals surface area contributed by atoms with Crippen LogP contribution in [0.5, 0.6) is 0 Å². The number of pyridine rings is 1. The molecule has 2 aromatic rings. The largest absolute Gasteiger partial charge is 0.381 e. The monoisotopic (exact) mass is 326 g/mol. The Labute approximate surface area is 143 Å². The topological polar surface area (TPSA) is 49.8 Å². The molecule has 1 saturated heterocycles. The van der Waals surface area contributed by atoms with E-state index in [4.69, 9.17) is 9.73 Å². The summed E-state index contributed by atoms with van der Waals surface area (Å²) in [5.41, 5.74) is 2.19. The fraction of sp³-hybridized carbons (Fsp3) is 0.474. The van der Waals surface area contributed by atoms with Crippen molar-refractivity contribution in [3.8, 4) is 0 Å². The molecule has 0 bridgehead atoms. The molecule has 2 heterocycles. The average molecular weight is 326 g/mol. The molecule has 1 N–H and O–H groups in total. The molecule has 0 aliphatic carbocycles. The number of nitrogens with zero attached hydrogens (tertiary/aromatic N) is 3. The van der Waals surface area contributed by atoms with Crippen LogP contribution in [0.1, 0.15) is 18.9 Å². The molecule has 5 heteroatoms. The van der Waals surface area contributed by atoms with Crippen LogP contribution in [0.25, 0.3) is 10.9 Å². The molecule has 1 aromatic heterocycles. The molecule has 128 valence electrons. The Morgan fingerprint density at radius 1 is 1.38 bits per heavy atom. The van der Waals surface area contributed by atoms with Gasteiger partial charge in [-0.05, 0) is 25.0 Å². The van der Waals surface area contributed by atoms with Crippen molar-refractivity contribution in [2.45, 2.75) is 19.9 Å². The molecule has 1 aromatic carbocycles. The minimum Gasteiger partial charge on any atom is -0.381 e. The van der Waals surface area contributed by atoms with Gasteiger partial charge in [-0.15, -0.1) is 0 Å². The van der Waals surface area contributed by atoms with Gasteiger partial charge >= 0.3 is 0 Å². The summed E-state index contributed by atoms with van der Waals surface area (Å²) in [6.45, 7) is 6.30. The third-order valence-electron chi connectivity index (χ3n) is 4.37. The zero-order valence-electron chi connectivity index (χ0n) is 14.5. The molecule has 1 unspecified atom stereocenters. The van der Waals surface area contributed by atoms with Crippen molar-refractivity contribution in [2.75, 3.05) is 33.4 Å². The van der Waals surface area contributed by atoms with E-state index in [0.29, 0.717) is 12.5 Å². The van der Waals surface area contributed by atoms with Gasteiger partial charge in [-0.3, -0.25) is 4.98 Å². The van der Waals surface area contributed by atoms with Crippen molar-refractivity contribution in [2.24, 2.45) is 10.9 Å². The number of aromatic nitrogens is 1. The lowest BCUT2D eigenvalue weighted by Crippen LogP contribution is -2.41. The van der Waals surface area contributed by atoms with E-state index in [-0.39, 0.29) is 0 Å². The van der Waals surface area contributed by atoms with Crippen LogP contribution in [-0.2, 0) is 11.3 Å². The second-order valence-electron chi connectivity index (χ2n) is 6.27. The number of guanidine groups is 1. The van der Waals surface area contributed by atoms with E-state index < -0.39 is 0 Å². The van der Waals surface area contributed by atoms with Crippen LogP contribution in [0, 0.1) is 5.92 Å². The predicted molar refractivity (Wildman–Crippen MR) is 98.1 cm³/mol. The van der Waals surface area contributed by atoms with Crippen LogP contribution in [0.15, 0.2) is 41.5 Å². The van der Waals surface area contributed by atoms with Crippen molar-refractivity contribution in [1.29, 1.82) is 0 Å². The van der Waals surface area contributed by atoms with Gasteiger partial charge in [0.25, 0.3) is 0 Å². The fourth-order valence-corrected chi connectivity index (χ4v) is 3.13. The summed E-state index contributed by atoms with van der Waals surface area (Å²) in [7, 11) is 2.10. The quantitative estimate of drug-likeness (QED) is 0.678. The molecule has 5 nitrogen and oxygen atoms in total. The average Bonchev–Trinajstić information content (AvgIpc) is 3.11. The fourth-order valence-electron chi connectivity index (χ4n) is 3.13. The predicted octanol–water partition coefficient (Wildman–Crippen LogP) is 2.67. The van der Waals surface area contributed by atoms with Gasteiger partial charge in [0.15, 0.2) is 5.96 Å². The second-order valence-corrected chi connectivity index (χ2v) is 6.27. The normalized spacial score (nSPS) is 18.1. The summed E-state index contributed by atoms with van der Waals surface area (Å²) < 4.78 is 5.48. The molecule has 1 aliphatic heterocycles. The number of fused-ring (bicyclic) bond motifs is 1. The first-order chi connectivity index (χ1) is 11.8. The van der Waals surface area contributed by atoms with E-state index in [2.05, 4.69) is 53.4 Å². The van der Waals surface area contributed by atoms with Crippen molar-refractivity contribution < 1.29 is 4.74 Å². The maximum atomic E-state index is 5.48. The van der Waals surface area contributed by atoms with Crippen molar-refractivity contribution in [3.63, 3.8) is 0 Å². The first kappa shape index (κ1) is 16.7. The van der Waals surface area contributed by atoms with Crippen LogP contribution in [0.4, 0.5) is 0 Å². The van der Waals surface area contributed by atoms with Gasteiger partial charge in [0, 0.05) is 44.2 Å². The van der Waals surface area contributed by atoms with Gasteiger partial charge in [0.1, 0.15) is 0 Å². The summed E-state index contributed by atoms with van der Waals surface area (Å²) in [4.78, 5) is 11.5. The number of aliphatic imine (C=N–C) groups is 1. The van der Waals surface area contributed by atoms with Crippen LogP contribution < -0.4 is 5.32 Å². The highest BCUT2D eigenvalue weighted by atomic mass is 16.5. The summed E-state index contributed by atoms with van der Waals surface area (Å²) in [5, 5.41) is 4.55. The van der Waals surface area contributed by atoms with E-state index in [9.17, 15) is 0 Å². The molecule has 1 aliphatic rings. The Morgan fingerprint density at radius 3 is 3.04 bits per heavy atom.